The number of aliphatic hydroxyl groups is 2. The fourth-order valence-corrected chi connectivity index (χ4v) is 5.12. The van der Waals surface area contributed by atoms with Crippen LogP contribution in [0.3, 0.4) is 0 Å². The van der Waals surface area contributed by atoms with Gasteiger partial charge in [0.25, 0.3) is 0 Å². The maximum Gasteiger partial charge on any atom is 0.0730 e. The van der Waals surface area contributed by atoms with Crippen LogP contribution in [-0.2, 0) is 17.9 Å². The molecule has 164 valence electrons. The third kappa shape index (κ3) is 4.55. The lowest BCUT2D eigenvalue weighted by atomic mass is 10.0. The second-order valence-electron chi connectivity index (χ2n) is 9.09. The predicted molar refractivity (Wildman–Crippen MR) is 123 cm³/mol. The number of H-pyrrole nitrogens is 1. The Balaban J connectivity index is 1.31. The standard InChI is InChI=1S/C26H32N2O3/c29-16-25-26(30)10-11-28(25)15-22-14-21-13-20(8-9-24(21)27-22)19-5-3-4-18(12-19)17-31-23-6-1-2-7-23/h3-5,8-9,12-14,23,25-27,29-30H,1-2,6-7,10-11,15-17H2/t25-,26+/m0/s1. The highest BCUT2D eigenvalue weighted by Crippen LogP contribution is 2.28. The van der Waals surface area contributed by atoms with Crippen molar-refractivity contribution in [2.24, 2.45) is 0 Å². The van der Waals surface area contributed by atoms with E-state index in [2.05, 4.69) is 58.4 Å². The minimum Gasteiger partial charge on any atom is -0.395 e. The van der Waals surface area contributed by atoms with Crippen molar-refractivity contribution < 1.29 is 14.9 Å². The van der Waals surface area contributed by atoms with E-state index < -0.39 is 6.10 Å². The Labute approximate surface area is 183 Å². The maximum absolute atomic E-state index is 10.0. The number of nitrogens with zero attached hydrogens (tertiary/aromatic N) is 1. The van der Waals surface area contributed by atoms with E-state index in [9.17, 15) is 10.2 Å². The zero-order valence-corrected chi connectivity index (χ0v) is 18.0. The summed E-state index contributed by atoms with van der Waals surface area (Å²) in [7, 11) is 0. The van der Waals surface area contributed by atoms with Gasteiger partial charge in [0, 0.05) is 29.7 Å². The lowest BCUT2D eigenvalue weighted by Crippen LogP contribution is -2.37. The Morgan fingerprint density at radius 2 is 1.84 bits per heavy atom. The Morgan fingerprint density at radius 1 is 1.00 bits per heavy atom. The van der Waals surface area contributed by atoms with E-state index in [0.29, 0.717) is 19.3 Å². The fourth-order valence-electron chi connectivity index (χ4n) is 5.12. The molecular weight excluding hydrogens is 388 g/mol. The van der Waals surface area contributed by atoms with Crippen molar-refractivity contribution in [1.29, 1.82) is 0 Å². The highest BCUT2D eigenvalue weighted by atomic mass is 16.5. The molecule has 5 rings (SSSR count). The molecule has 1 aromatic heterocycles. The molecule has 1 saturated carbocycles. The van der Waals surface area contributed by atoms with Crippen LogP contribution < -0.4 is 0 Å². The Morgan fingerprint density at radius 3 is 2.68 bits per heavy atom. The van der Waals surface area contributed by atoms with Crippen LogP contribution in [0, 0.1) is 0 Å². The molecule has 3 aromatic rings. The molecule has 31 heavy (non-hydrogen) atoms. The van der Waals surface area contributed by atoms with Gasteiger partial charge in [0.2, 0.25) is 0 Å². The molecule has 3 N–H and O–H groups in total. The minimum atomic E-state index is -0.439. The molecule has 5 nitrogen and oxygen atoms in total. The molecule has 2 heterocycles. The van der Waals surface area contributed by atoms with Crippen molar-refractivity contribution in [1.82, 2.24) is 9.88 Å². The first-order valence-corrected chi connectivity index (χ1v) is 11.5. The number of aromatic nitrogens is 1. The van der Waals surface area contributed by atoms with E-state index in [1.54, 1.807) is 0 Å². The fraction of sp³-hybridized carbons (Fsp3) is 0.462. The van der Waals surface area contributed by atoms with Crippen LogP contribution in [0.25, 0.3) is 22.0 Å². The van der Waals surface area contributed by atoms with Crippen LogP contribution in [0.5, 0.6) is 0 Å². The van der Waals surface area contributed by atoms with Crippen LogP contribution in [0.1, 0.15) is 43.4 Å². The summed E-state index contributed by atoms with van der Waals surface area (Å²) in [6.07, 6.45) is 5.69. The molecule has 0 unspecified atom stereocenters. The quantitative estimate of drug-likeness (QED) is 0.535. The van der Waals surface area contributed by atoms with Gasteiger partial charge in [-0.2, -0.15) is 0 Å². The first-order valence-electron chi connectivity index (χ1n) is 11.5. The summed E-state index contributed by atoms with van der Waals surface area (Å²) >= 11 is 0. The minimum absolute atomic E-state index is 0.00759. The molecule has 0 amide bonds. The Kier molecular flexibility index (Phi) is 6.10. The van der Waals surface area contributed by atoms with Crippen molar-refractivity contribution in [3.05, 3.63) is 59.8 Å². The summed E-state index contributed by atoms with van der Waals surface area (Å²) < 4.78 is 6.10. The first kappa shape index (κ1) is 20.7. The van der Waals surface area contributed by atoms with Crippen LogP contribution >= 0.6 is 0 Å². The Hall–Kier alpha value is -2.18. The second-order valence-corrected chi connectivity index (χ2v) is 9.09. The number of ether oxygens (including phenoxy) is 1. The number of fused-ring (bicyclic) bond motifs is 1. The average Bonchev–Trinajstić information content (AvgIpc) is 3.52. The number of rotatable bonds is 7. The van der Waals surface area contributed by atoms with E-state index in [4.69, 9.17) is 4.74 Å². The van der Waals surface area contributed by atoms with Gasteiger partial charge in [-0.1, -0.05) is 37.1 Å². The number of hydrogen-bond donors (Lipinski definition) is 3. The summed E-state index contributed by atoms with van der Waals surface area (Å²) in [5.74, 6) is 0. The zero-order chi connectivity index (χ0) is 21.2. The number of hydrogen-bond acceptors (Lipinski definition) is 4. The number of benzene rings is 2. The smallest absolute Gasteiger partial charge is 0.0730 e. The molecule has 2 aliphatic rings. The summed E-state index contributed by atoms with van der Waals surface area (Å²) in [4.78, 5) is 5.66. The van der Waals surface area contributed by atoms with E-state index in [1.807, 2.05) is 0 Å². The summed E-state index contributed by atoms with van der Waals surface area (Å²) in [5.41, 5.74) is 5.85. The Bertz CT molecular complexity index is 1020. The third-order valence-electron chi connectivity index (χ3n) is 6.91. The lowest BCUT2D eigenvalue weighted by molar-refractivity contribution is 0.0457. The SMILES string of the molecule is OC[C@H]1[C@H](O)CCN1Cc1cc2cc(-c3cccc(COC4CCCC4)c3)ccc2[nH]1. The predicted octanol–water partition coefficient (Wildman–Crippen LogP) is 4.22. The first-order chi connectivity index (χ1) is 15.2. The number of aromatic amines is 1. The van der Waals surface area contributed by atoms with Crippen LogP contribution in [-0.4, -0.2) is 51.5 Å². The van der Waals surface area contributed by atoms with Gasteiger partial charge in [-0.15, -0.1) is 0 Å². The highest BCUT2D eigenvalue weighted by Gasteiger charge is 2.32. The summed E-state index contributed by atoms with van der Waals surface area (Å²) in [6.45, 7) is 2.19. The molecule has 1 aliphatic heterocycles. The van der Waals surface area contributed by atoms with Crippen molar-refractivity contribution in [2.45, 2.75) is 63.5 Å². The van der Waals surface area contributed by atoms with Crippen molar-refractivity contribution in [3.63, 3.8) is 0 Å². The van der Waals surface area contributed by atoms with Gasteiger partial charge < -0.3 is 19.9 Å². The van der Waals surface area contributed by atoms with Gasteiger partial charge in [0.1, 0.15) is 0 Å². The molecule has 2 aromatic carbocycles. The summed E-state index contributed by atoms with van der Waals surface area (Å²) in [5, 5.41) is 20.8. The highest BCUT2D eigenvalue weighted by molar-refractivity contribution is 5.86. The zero-order valence-electron chi connectivity index (χ0n) is 18.0. The number of nitrogens with one attached hydrogen (secondary N) is 1. The largest absolute Gasteiger partial charge is 0.395 e. The normalized spacial score (nSPS) is 22.6. The van der Waals surface area contributed by atoms with Crippen LogP contribution in [0.15, 0.2) is 48.5 Å². The van der Waals surface area contributed by atoms with Gasteiger partial charge in [-0.05, 0) is 60.2 Å². The van der Waals surface area contributed by atoms with E-state index in [-0.39, 0.29) is 12.6 Å². The molecule has 0 radical (unpaired) electrons. The van der Waals surface area contributed by atoms with Crippen molar-refractivity contribution in [2.75, 3.05) is 13.2 Å². The van der Waals surface area contributed by atoms with Crippen LogP contribution in [0.2, 0.25) is 0 Å². The van der Waals surface area contributed by atoms with Crippen LogP contribution in [0.4, 0.5) is 0 Å². The van der Waals surface area contributed by atoms with Gasteiger partial charge in [-0.3, -0.25) is 4.90 Å². The van der Waals surface area contributed by atoms with E-state index in [0.717, 1.165) is 24.2 Å². The monoisotopic (exact) mass is 420 g/mol. The second kappa shape index (κ2) is 9.13. The third-order valence-corrected chi connectivity index (χ3v) is 6.91. The average molecular weight is 421 g/mol. The lowest BCUT2D eigenvalue weighted by Gasteiger charge is -2.23. The number of likely N-dealkylation sites (tertiary alicyclic amines) is 1. The molecule has 5 heteroatoms. The molecule has 0 spiro atoms. The van der Waals surface area contributed by atoms with Gasteiger partial charge >= 0.3 is 0 Å². The maximum atomic E-state index is 10.0. The molecule has 0 bridgehead atoms. The van der Waals surface area contributed by atoms with Gasteiger partial charge in [0.05, 0.1) is 31.5 Å². The number of aliphatic hydroxyl groups excluding tert-OH is 2. The topological polar surface area (TPSA) is 68.7 Å². The van der Waals surface area contributed by atoms with Crippen molar-refractivity contribution in [3.8, 4) is 11.1 Å². The van der Waals surface area contributed by atoms with E-state index in [1.165, 1.54) is 47.8 Å². The molecule has 2 atom stereocenters. The van der Waals surface area contributed by atoms with E-state index >= 15 is 0 Å². The molecule has 2 fully saturated rings. The van der Waals surface area contributed by atoms with Gasteiger partial charge in [-0.25, -0.2) is 0 Å². The molecule has 1 aliphatic carbocycles. The molecular formula is C26H32N2O3. The molecule has 1 saturated heterocycles. The summed E-state index contributed by atoms with van der Waals surface area (Å²) in [6, 6.07) is 17.2. The van der Waals surface area contributed by atoms with Gasteiger partial charge in [0.15, 0.2) is 0 Å². The van der Waals surface area contributed by atoms with Crippen molar-refractivity contribution >= 4 is 10.9 Å².